The summed E-state index contributed by atoms with van der Waals surface area (Å²) in [6.07, 6.45) is -13.8. The molecule has 3 nitrogen and oxygen atoms in total. The number of benzene rings is 2. The molecule has 1 aliphatic rings. The zero-order valence-corrected chi connectivity index (χ0v) is 14.9. The van der Waals surface area contributed by atoms with E-state index in [1.807, 2.05) is 0 Å². The Morgan fingerprint density at radius 1 is 1.07 bits per heavy atom. The molecule has 1 unspecified atom stereocenters. The molecule has 0 spiro atoms. The fourth-order valence-electron chi connectivity index (χ4n) is 3.49. The van der Waals surface area contributed by atoms with E-state index < -0.39 is 46.9 Å². The van der Waals surface area contributed by atoms with Crippen molar-refractivity contribution in [2.45, 2.75) is 31.3 Å². The number of hydrogen-bond acceptors (Lipinski definition) is 3. The number of fused-ring (bicyclic) bond motifs is 1. The van der Waals surface area contributed by atoms with Gasteiger partial charge in [0.25, 0.3) is 0 Å². The summed E-state index contributed by atoms with van der Waals surface area (Å²) in [6, 6.07) is 4.42. The highest BCUT2D eigenvalue weighted by atomic mass is 19.4. The fraction of sp³-hybridized carbons (Fsp3) is 0.316. The third kappa shape index (κ3) is 3.79. The maximum atomic E-state index is 14.7. The number of aliphatic hydroxyl groups excluding tert-OH is 1. The molecule has 11 heteroatoms. The average Bonchev–Trinajstić information content (AvgIpc) is 2.64. The van der Waals surface area contributed by atoms with Crippen LogP contribution >= 0.6 is 0 Å². The molecule has 0 bridgehead atoms. The Kier molecular flexibility index (Phi) is 5.41. The van der Waals surface area contributed by atoms with Crippen LogP contribution in [0.15, 0.2) is 24.3 Å². The number of nitrogens with zero attached hydrogens (tertiary/aromatic N) is 2. The highest BCUT2D eigenvalue weighted by molar-refractivity contribution is 5.76. The molecule has 0 aliphatic carbocycles. The van der Waals surface area contributed by atoms with Gasteiger partial charge in [0, 0.05) is 12.1 Å². The number of halogens is 8. The number of aryl methyl sites for hydroxylation is 1. The lowest BCUT2D eigenvalue weighted by atomic mass is 9.94. The van der Waals surface area contributed by atoms with Crippen molar-refractivity contribution in [3.63, 3.8) is 0 Å². The fourth-order valence-corrected chi connectivity index (χ4v) is 3.49. The number of rotatable bonds is 2. The highest BCUT2D eigenvalue weighted by Gasteiger charge is 2.46. The van der Waals surface area contributed by atoms with Crippen molar-refractivity contribution in [2.24, 2.45) is 0 Å². The van der Waals surface area contributed by atoms with Crippen LogP contribution < -0.4 is 4.90 Å². The highest BCUT2D eigenvalue weighted by Crippen LogP contribution is 2.46. The van der Waals surface area contributed by atoms with Gasteiger partial charge in [-0.2, -0.15) is 31.6 Å². The number of hydrogen-bond donors (Lipinski definition) is 1. The molecule has 0 saturated carbocycles. The first kappa shape index (κ1) is 21.8. The number of aliphatic hydroxyl groups is 1. The smallest absolute Gasteiger partial charge is 0.379 e. The van der Waals surface area contributed by atoms with Gasteiger partial charge in [-0.1, -0.05) is 0 Å². The molecular weight excluding hydrogens is 424 g/mol. The van der Waals surface area contributed by atoms with Gasteiger partial charge in [0.1, 0.15) is 17.7 Å². The lowest BCUT2D eigenvalue weighted by molar-refractivity contribution is -0.207. The molecule has 30 heavy (non-hydrogen) atoms. The maximum absolute atomic E-state index is 14.7. The second kappa shape index (κ2) is 7.43. The van der Waals surface area contributed by atoms with E-state index in [4.69, 9.17) is 0 Å². The van der Waals surface area contributed by atoms with Crippen molar-refractivity contribution in [2.75, 3.05) is 11.4 Å². The quantitative estimate of drug-likeness (QED) is 0.630. The van der Waals surface area contributed by atoms with Crippen molar-refractivity contribution in [3.8, 4) is 6.07 Å². The van der Waals surface area contributed by atoms with Crippen LogP contribution in [-0.4, -0.2) is 17.8 Å². The van der Waals surface area contributed by atoms with Crippen molar-refractivity contribution in [1.29, 1.82) is 5.26 Å². The molecule has 2 aromatic carbocycles. The molecule has 1 atom stereocenters. The summed E-state index contributed by atoms with van der Waals surface area (Å²) in [6.45, 7) is -0.0876. The largest absolute Gasteiger partial charge is 0.419 e. The number of alkyl halides is 6. The Balaban J connectivity index is 2.31. The standard InChI is InChI=1S/C19H12F8N2O/c20-11-6-9-2-1-5-29(16(9)10(7-11)8-28)13-4-3-12(18(22,23)24)15(21)14(13)17(30)19(25,26)27/h3-4,6-7,17,30H,1-2,5H2. The molecule has 0 fully saturated rings. The van der Waals surface area contributed by atoms with E-state index in [0.29, 0.717) is 6.07 Å². The Labute approximate surface area is 164 Å². The van der Waals surface area contributed by atoms with Crippen LogP contribution in [0.1, 0.15) is 34.8 Å². The van der Waals surface area contributed by atoms with Crippen LogP contribution in [0.3, 0.4) is 0 Å². The summed E-state index contributed by atoms with van der Waals surface area (Å²) in [4.78, 5) is 1.00. The summed E-state index contributed by atoms with van der Waals surface area (Å²) >= 11 is 0. The van der Waals surface area contributed by atoms with Crippen LogP contribution in [-0.2, 0) is 12.6 Å². The molecule has 0 radical (unpaired) electrons. The summed E-state index contributed by atoms with van der Waals surface area (Å²) in [5.41, 5.74) is -4.36. The summed E-state index contributed by atoms with van der Waals surface area (Å²) < 4.78 is 107. The molecule has 0 aromatic heterocycles. The molecule has 0 saturated heterocycles. The first-order valence-corrected chi connectivity index (χ1v) is 8.50. The molecule has 1 heterocycles. The predicted octanol–water partition coefficient (Wildman–Crippen LogP) is 5.54. The first-order chi connectivity index (χ1) is 13.9. The Morgan fingerprint density at radius 3 is 2.30 bits per heavy atom. The predicted molar refractivity (Wildman–Crippen MR) is 88.9 cm³/mol. The normalized spacial score (nSPS) is 15.5. The number of anilines is 2. The van der Waals surface area contributed by atoms with Crippen molar-refractivity contribution < 1.29 is 40.2 Å². The third-order valence-electron chi connectivity index (χ3n) is 4.71. The lowest BCUT2D eigenvalue weighted by Gasteiger charge is -2.35. The van der Waals surface area contributed by atoms with Crippen molar-refractivity contribution in [3.05, 3.63) is 58.2 Å². The molecule has 3 rings (SSSR count). The minimum atomic E-state index is -5.46. The summed E-state index contributed by atoms with van der Waals surface area (Å²) in [5, 5.41) is 19.0. The average molecular weight is 436 g/mol. The molecule has 160 valence electrons. The Hall–Kier alpha value is -2.87. The van der Waals surface area contributed by atoms with Crippen LogP contribution in [0, 0.1) is 23.0 Å². The van der Waals surface area contributed by atoms with Crippen LogP contribution in [0.2, 0.25) is 0 Å². The van der Waals surface area contributed by atoms with Gasteiger partial charge in [-0.25, -0.2) is 8.78 Å². The van der Waals surface area contributed by atoms with E-state index in [0.717, 1.165) is 17.0 Å². The third-order valence-corrected chi connectivity index (χ3v) is 4.71. The van der Waals surface area contributed by atoms with Gasteiger partial charge in [-0.15, -0.1) is 0 Å². The topological polar surface area (TPSA) is 47.3 Å². The Morgan fingerprint density at radius 2 is 1.73 bits per heavy atom. The monoisotopic (exact) mass is 436 g/mol. The van der Waals surface area contributed by atoms with Gasteiger partial charge in [-0.3, -0.25) is 0 Å². The zero-order valence-electron chi connectivity index (χ0n) is 14.9. The minimum Gasteiger partial charge on any atom is -0.379 e. The SMILES string of the molecule is N#Cc1cc(F)cc2c1N(c1ccc(C(F)(F)F)c(F)c1C(O)C(F)(F)F)CCC2. The zero-order chi connectivity index (χ0) is 22.4. The molecule has 0 amide bonds. The molecule has 1 N–H and O–H groups in total. The van der Waals surface area contributed by atoms with Gasteiger partial charge < -0.3 is 10.0 Å². The van der Waals surface area contributed by atoms with Gasteiger partial charge in [0.15, 0.2) is 6.10 Å². The van der Waals surface area contributed by atoms with Crippen LogP contribution in [0.5, 0.6) is 0 Å². The van der Waals surface area contributed by atoms with Crippen LogP contribution in [0.4, 0.5) is 46.5 Å². The minimum absolute atomic E-state index is 0.0417. The lowest BCUT2D eigenvalue weighted by Crippen LogP contribution is -2.30. The molecule has 1 aliphatic heterocycles. The maximum Gasteiger partial charge on any atom is 0.419 e. The van der Waals surface area contributed by atoms with E-state index in [2.05, 4.69) is 0 Å². The Bertz CT molecular complexity index is 1020. The van der Waals surface area contributed by atoms with Crippen molar-refractivity contribution in [1.82, 2.24) is 0 Å². The first-order valence-electron chi connectivity index (χ1n) is 8.50. The van der Waals surface area contributed by atoms with Gasteiger partial charge in [0.05, 0.1) is 22.5 Å². The molecular formula is C19H12F8N2O. The van der Waals surface area contributed by atoms with E-state index in [9.17, 15) is 45.5 Å². The van der Waals surface area contributed by atoms with E-state index in [1.54, 1.807) is 6.07 Å². The second-order valence-corrected chi connectivity index (χ2v) is 6.63. The number of nitriles is 1. The van der Waals surface area contributed by atoms with E-state index in [1.165, 1.54) is 0 Å². The summed E-state index contributed by atoms with van der Waals surface area (Å²) in [7, 11) is 0. The van der Waals surface area contributed by atoms with E-state index >= 15 is 0 Å². The van der Waals surface area contributed by atoms with Crippen molar-refractivity contribution >= 4 is 11.4 Å². The van der Waals surface area contributed by atoms with Gasteiger partial charge in [-0.05, 0) is 42.7 Å². The van der Waals surface area contributed by atoms with Gasteiger partial charge >= 0.3 is 12.4 Å². The summed E-state index contributed by atoms with van der Waals surface area (Å²) in [5.74, 6) is -3.04. The van der Waals surface area contributed by atoms with Gasteiger partial charge in [0.2, 0.25) is 0 Å². The second-order valence-electron chi connectivity index (χ2n) is 6.63. The molecule has 2 aromatic rings. The van der Waals surface area contributed by atoms with E-state index in [-0.39, 0.29) is 42.3 Å². The van der Waals surface area contributed by atoms with Crippen LogP contribution in [0.25, 0.3) is 0 Å².